The molecule has 2 aromatic rings. The molecule has 0 bridgehead atoms. The second kappa shape index (κ2) is 7.15. The van der Waals surface area contributed by atoms with Crippen molar-refractivity contribution in [3.63, 3.8) is 0 Å². The number of morpholine rings is 1. The zero-order valence-corrected chi connectivity index (χ0v) is 15.3. The fourth-order valence-electron chi connectivity index (χ4n) is 3.97. The van der Waals surface area contributed by atoms with Gasteiger partial charge >= 0.3 is 5.97 Å². The van der Waals surface area contributed by atoms with E-state index in [4.69, 9.17) is 9.47 Å². The number of nitrogens with zero attached hydrogens (tertiary/aromatic N) is 2. The van der Waals surface area contributed by atoms with Crippen molar-refractivity contribution in [2.24, 2.45) is 0 Å². The van der Waals surface area contributed by atoms with Crippen molar-refractivity contribution in [1.82, 2.24) is 9.47 Å². The number of amides is 1. The van der Waals surface area contributed by atoms with Gasteiger partial charge in [-0.05, 0) is 25.0 Å². The molecule has 7 nitrogen and oxygen atoms in total. The smallest absolute Gasteiger partial charge is 0.307 e. The number of esters is 1. The van der Waals surface area contributed by atoms with E-state index in [1.807, 2.05) is 16.7 Å². The molecule has 0 N–H and O–H groups in total. The highest BCUT2D eigenvalue weighted by Gasteiger charge is 2.32. The number of rotatable bonds is 4. The predicted octanol–water partition coefficient (Wildman–Crippen LogP) is 1.35. The molecule has 0 spiro atoms. The molecule has 27 heavy (non-hydrogen) atoms. The molecule has 142 valence electrons. The van der Waals surface area contributed by atoms with Gasteiger partial charge in [-0.15, -0.1) is 0 Å². The summed E-state index contributed by atoms with van der Waals surface area (Å²) in [5, 5.41) is 0.575. The van der Waals surface area contributed by atoms with Gasteiger partial charge in [0.2, 0.25) is 5.43 Å². The van der Waals surface area contributed by atoms with E-state index >= 15 is 0 Å². The summed E-state index contributed by atoms with van der Waals surface area (Å²) >= 11 is 0. The maximum atomic E-state index is 13.2. The molecule has 0 saturated carbocycles. The van der Waals surface area contributed by atoms with E-state index in [0.717, 1.165) is 24.0 Å². The molecule has 2 aliphatic heterocycles. The van der Waals surface area contributed by atoms with Gasteiger partial charge in [0, 0.05) is 24.7 Å². The molecule has 0 aliphatic carbocycles. The van der Waals surface area contributed by atoms with Gasteiger partial charge < -0.3 is 18.9 Å². The first-order chi connectivity index (χ1) is 13.1. The fraction of sp³-hybridized carbons (Fsp3) is 0.450. The third-order valence-corrected chi connectivity index (χ3v) is 5.23. The van der Waals surface area contributed by atoms with Gasteiger partial charge in [-0.25, -0.2) is 0 Å². The average Bonchev–Trinajstić information content (AvgIpc) is 3.09. The van der Waals surface area contributed by atoms with Crippen LogP contribution in [0.2, 0.25) is 0 Å². The van der Waals surface area contributed by atoms with Gasteiger partial charge in [0.1, 0.15) is 5.56 Å². The third kappa shape index (κ3) is 3.12. The minimum absolute atomic E-state index is 0.0610. The van der Waals surface area contributed by atoms with Crippen LogP contribution in [0.5, 0.6) is 0 Å². The van der Waals surface area contributed by atoms with Crippen LogP contribution in [0.4, 0.5) is 0 Å². The van der Waals surface area contributed by atoms with Crippen LogP contribution in [0.15, 0.2) is 29.2 Å². The zero-order valence-electron chi connectivity index (χ0n) is 15.3. The molecule has 1 amide bonds. The SMILES string of the molecule is CCOC(=O)C[C@H]1COCCN1C(=O)c1cn2c3c(cccc3c1=O)CC2. The van der Waals surface area contributed by atoms with Gasteiger partial charge in [0.25, 0.3) is 5.91 Å². The summed E-state index contributed by atoms with van der Waals surface area (Å²) in [5.74, 6) is -0.718. The second-order valence-electron chi connectivity index (χ2n) is 6.87. The largest absolute Gasteiger partial charge is 0.466 e. The number of benzene rings is 1. The Morgan fingerprint density at radius 1 is 1.30 bits per heavy atom. The summed E-state index contributed by atoms with van der Waals surface area (Å²) in [6.45, 7) is 3.78. The number of aromatic nitrogens is 1. The Balaban J connectivity index is 1.69. The molecule has 1 saturated heterocycles. The van der Waals surface area contributed by atoms with Crippen molar-refractivity contribution in [3.05, 3.63) is 45.7 Å². The van der Waals surface area contributed by atoms with Gasteiger partial charge in [-0.2, -0.15) is 0 Å². The van der Waals surface area contributed by atoms with E-state index in [1.165, 1.54) is 0 Å². The highest BCUT2D eigenvalue weighted by molar-refractivity contribution is 5.98. The quantitative estimate of drug-likeness (QED) is 0.760. The van der Waals surface area contributed by atoms with E-state index in [9.17, 15) is 14.4 Å². The molecule has 1 atom stereocenters. The fourth-order valence-corrected chi connectivity index (χ4v) is 3.97. The van der Waals surface area contributed by atoms with Crippen LogP contribution in [-0.2, 0) is 27.2 Å². The van der Waals surface area contributed by atoms with Crippen molar-refractivity contribution < 1.29 is 19.1 Å². The van der Waals surface area contributed by atoms with Crippen LogP contribution in [-0.4, -0.2) is 53.8 Å². The molecule has 1 aromatic heterocycles. The molecule has 1 fully saturated rings. The van der Waals surface area contributed by atoms with Crippen molar-refractivity contribution in [2.75, 3.05) is 26.4 Å². The maximum Gasteiger partial charge on any atom is 0.307 e. The number of pyridine rings is 1. The summed E-state index contributed by atoms with van der Waals surface area (Å²) in [5.41, 5.74) is 1.95. The molecule has 3 heterocycles. The van der Waals surface area contributed by atoms with Gasteiger partial charge in [-0.1, -0.05) is 12.1 Å². The number of hydrogen-bond acceptors (Lipinski definition) is 5. The van der Waals surface area contributed by atoms with Crippen LogP contribution >= 0.6 is 0 Å². The number of para-hydroxylation sites is 1. The van der Waals surface area contributed by atoms with E-state index in [-0.39, 0.29) is 42.5 Å². The first-order valence-electron chi connectivity index (χ1n) is 9.29. The topological polar surface area (TPSA) is 77.8 Å². The van der Waals surface area contributed by atoms with Crippen LogP contribution in [0.3, 0.4) is 0 Å². The van der Waals surface area contributed by atoms with E-state index in [1.54, 1.807) is 24.1 Å². The number of carbonyl (C=O) groups excluding carboxylic acids is 2. The van der Waals surface area contributed by atoms with Crippen molar-refractivity contribution in [2.45, 2.75) is 32.4 Å². The van der Waals surface area contributed by atoms with E-state index in [0.29, 0.717) is 18.5 Å². The standard InChI is InChI=1S/C20H22N2O5/c1-2-27-17(23)10-14-12-26-9-8-22(14)20(25)16-11-21-7-6-13-4-3-5-15(18(13)21)19(16)24/h3-5,11,14H,2,6-10,12H2,1H3/t14-/m0/s1. The molecule has 1 aromatic carbocycles. The highest BCUT2D eigenvalue weighted by atomic mass is 16.5. The maximum absolute atomic E-state index is 13.2. The van der Waals surface area contributed by atoms with Crippen LogP contribution in [0.1, 0.15) is 29.3 Å². The predicted molar refractivity (Wildman–Crippen MR) is 98.8 cm³/mol. The Morgan fingerprint density at radius 3 is 2.96 bits per heavy atom. The summed E-state index contributed by atoms with van der Waals surface area (Å²) in [6, 6.07) is 5.23. The molecule has 2 aliphatic rings. The van der Waals surface area contributed by atoms with Crippen LogP contribution in [0.25, 0.3) is 10.9 Å². The Morgan fingerprint density at radius 2 is 2.15 bits per heavy atom. The van der Waals surface area contributed by atoms with Gasteiger partial charge in [-0.3, -0.25) is 14.4 Å². The monoisotopic (exact) mass is 370 g/mol. The van der Waals surface area contributed by atoms with Crippen molar-refractivity contribution >= 4 is 22.8 Å². The van der Waals surface area contributed by atoms with Crippen LogP contribution < -0.4 is 5.43 Å². The lowest BCUT2D eigenvalue weighted by Gasteiger charge is -2.35. The van der Waals surface area contributed by atoms with Crippen LogP contribution in [0, 0.1) is 0 Å². The molecule has 0 unspecified atom stereocenters. The minimum atomic E-state index is -0.426. The number of aryl methyl sites for hydroxylation is 2. The first kappa shape index (κ1) is 17.7. The lowest BCUT2D eigenvalue weighted by molar-refractivity contribution is -0.145. The minimum Gasteiger partial charge on any atom is -0.466 e. The van der Waals surface area contributed by atoms with Gasteiger partial charge in [0.15, 0.2) is 0 Å². The Bertz CT molecular complexity index is 965. The van der Waals surface area contributed by atoms with Crippen molar-refractivity contribution in [1.29, 1.82) is 0 Å². The lowest BCUT2D eigenvalue weighted by atomic mass is 10.1. The van der Waals surface area contributed by atoms with Gasteiger partial charge in [0.05, 0.1) is 37.8 Å². The Kier molecular flexibility index (Phi) is 4.70. The summed E-state index contributed by atoms with van der Waals surface area (Å²) in [4.78, 5) is 39.7. The number of carbonyl (C=O) groups is 2. The molecular weight excluding hydrogens is 348 g/mol. The summed E-state index contributed by atoms with van der Waals surface area (Å²) in [6.07, 6.45) is 2.59. The third-order valence-electron chi connectivity index (χ3n) is 5.23. The molecule has 7 heteroatoms. The Hall–Kier alpha value is -2.67. The van der Waals surface area contributed by atoms with E-state index in [2.05, 4.69) is 0 Å². The average molecular weight is 370 g/mol. The number of hydrogen-bond donors (Lipinski definition) is 0. The second-order valence-corrected chi connectivity index (χ2v) is 6.87. The van der Waals surface area contributed by atoms with Crippen molar-refractivity contribution in [3.8, 4) is 0 Å². The lowest BCUT2D eigenvalue weighted by Crippen LogP contribution is -2.50. The Labute approximate surface area is 156 Å². The molecule has 4 rings (SSSR count). The highest BCUT2D eigenvalue weighted by Crippen LogP contribution is 2.24. The molecular formula is C20H22N2O5. The molecule has 0 radical (unpaired) electrons. The zero-order chi connectivity index (χ0) is 19.0. The summed E-state index contributed by atoms with van der Waals surface area (Å²) < 4.78 is 12.4. The first-order valence-corrected chi connectivity index (χ1v) is 9.29. The number of ether oxygens (including phenoxy) is 2. The van der Waals surface area contributed by atoms with E-state index < -0.39 is 6.04 Å². The normalized spacial score (nSPS) is 18.7. The summed E-state index contributed by atoms with van der Waals surface area (Å²) in [7, 11) is 0.